The van der Waals surface area contributed by atoms with E-state index < -0.39 is 0 Å². The van der Waals surface area contributed by atoms with Crippen LogP contribution in [0, 0.1) is 5.82 Å². The van der Waals surface area contributed by atoms with Gasteiger partial charge in [-0.3, -0.25) is 14.9 Å². The van der Waals surface area contributed by atoms with E-state index in [-0.39, 0.29) is 23.9 Å². The van der Waals surface area contributed by atoms with Crippen molar-refractivity contribution in [3.8, 4) is 0 Å². The summed E-state index contributed by atoms with van der Waals surface area (Å²) in [5.74, 6) is -0.538. The van der Waals surface area contributed by atoms with Crippen LogP contribution in [0.25, 0.3) is 0 Å². The molecule has 0 spiro atoms. The summed E-state index contributed by atoms with van der Waals surface area (Å²) in [7, 11) is 0. The second kappa shape index (κ2) is 7.53. The number of amides is 1. The van der Waals surface area contributed by atoms with Gasteiger partial charge in [0.15, 0.2) is 0 Å². The monoisotopic (exact) mass is 363 g/mol. The molecule has 0 aliphatic carbocycles. The van der Waals surface area contributed by atoms with Crippen LogP contribution in [-0.4, -0.2) is 34.1 Å². The molecule has 0 saturated carbocycles. The number of aromatic nitrogens is 2. The Morgan fingerprint density at radius 2 is 1.56 bits per heavy atom. The van der Waals surface area contributed by atoms with Crippen LogP contribution in [0.3, 0.4) is 0 Å². The van der Waals surface area contributed by atoms with E-state index in [4.69, 9.17) is 4.74 Å². The number of nitrogens with zero attached hydrogens (tertiary/aromatic N) is 3. The molecule has 0 radical (unpaired) electrons. The highest BCUT2D eigenvalue weighted by atomic mass is 19.1. The van der Waals surface area contributed by atoms with Crippen molar-refractivity contribution in [3.63, 3.8) is 0 Å². The number of hydrogen-bond acceptors (Lipinski definition) is 4. The first kappa shape index (κ1) is 17.1. The van der Waals surface area contributed by atoms with E-state index in [0.717, 1.165) is 16.7 Å². The first-order chi connectivity index (χ1) is 13.2. The maximum absolute atomic E-state index is 13.5. The van der Waals surface area contributed by atoms with Gasteiger partial charge in [-0.1, -0.05) is 24.3 Å². The van der Waals surface area contributed by atoms with Crippen LogP contribution in [-0.2, 0) is 4.74 Å². The Bertz CT molecular complexity index is 864. The van der Waals surface area contributed by atoms with Crippen molar-refractivity contribution in [2.45, 2.75) is 12.0 Å². The van der Waals surface area contributed by atoms with Crippen LogP contribution in [0.5, 0.6) is 0 Å². The molecule has 1 unspecified atom stereocenters. The fraction of sp³-hybridized carbons (Fsp3) is 0.190. The highest BCUT2D eigenvalue weighted by molar-refractivity contribution is 5.70. The van der Waals surface area contributed by atoms with Crippen molar-refractivity contribution in [1.82, 2.24) is 14.9 Å². The predicted octanol–water partition coefficient (Wildman–Crippen LogP) is 3.94. The number of cyclic esters (lactones) is 1. The Morgan fingerprint density at radius 1 is 0.926 bits per heavy atom. The summed E-state index contributed by atoms with van der Waals surface area (Å²) in [6, 6.07) is 13.6. The maximum Gasteiger partial charge on any atom is 0.410 e. The smallest absolute Gasteiger partial charge is 0.410 e. The molecule has 0 N–H and O–H groups in total. The molecular weight excluding hydrogens is 345 g/mol. The first-order valence-electron chi connectivity index (χ1n) is 8.73. The zero-order chi connectivity index (χ0) is 18.6. The average Bonchev–Trinajstić information content (AvgIpc) is 3.14. The lowest BCUT2D eigenvalue weighted by molar-refractivity contribution is 0.144. The minimum atomic E-state index is -0.373. The molecule has 6 heteroatoms. The summed E-state index contributed by atoms with van der Waals surface area (Å²) >= 11 is 0. The van der Waals surface area contributed by atoms with Crippen molar-refractivity contribution in [3.05, 3.63) is 95.8 Å². The number of benzene rings is 1. The number of halogens is 1. The summed E-state index contributed by atoms with van der Waals surface area (Å²) in [5.41, 5.74) is 2.71. The van der Waals surface area contributed by atoms with E-state index in [2.05, 4.69) is 9.97 Å². The minimum absolute atomic E-state index is 0.219. The van der Waals surface area contributed by atoms with Crippen LogP contribution < -0.4 is 0 Å². The third-order valence-corrected chi connectivity index (χ3v) is 4.74. The van der Waals surface area contributed by atoms with Crippen LogP contribution in [0.1, 0.15) is 28.7 Å². The Morgan fingerprint density at radius 3 is 2.04 bits per heavy atom. The number of ether oxygens (including phenoxy) is 1. The summed E-state index contributed by atoms with van der Waals surface area (Å²) in [6.07, 6.45) is 6.62. The molecule has 1 saturated heterocycles. The normalized spacial score (nSPS) is 15.0. The molecule has 2 aromatic heterocycles. The Hall–Kier alpha value is -3.28. The molecule has 1 aliphatic rings. The molecule has 1 aromatic carbocycles. The van der Waals surface area contributed by atoms with Gasteiger partial charge in [-0.15, -0.1) is 0 Å². The second-order valence-corrected chi connectivity index (χ2v) is 6.35. The van der Waals surface area contributed by atoms with Crippen molar-refractivity contribution in [2.75, 3.05) is 13.2 Å². The van der Waals surface area contributed by atoms with E-state index in [1.807, 2.05) is 24.3 Å². The molecule has 0 bridgehead atoms. The van der Waals surface area contributed by atoms with E-state index in [9.17, 15) is 9.18 Å². The predicted molar refractivity (Wildman–Crippen MR) is 97.5 cm³/mol. The van der Waals surface area contributed by atoms with Gasteiger partial charge in [-0.25, -0.2) is 9.18 Å². The van der Waals surface area contributed by atoms with Crippen LogP contribution in [0.4, 0.5) is 9.18 Å². The number of carbonyl (C=O) groups is 1. The minimum Gasteiger partial charge on any atom is -0.448 e. The van der Waals surface area contributed by atoms with Gasteiger partial charge in [0.1, 0.15) is 12.4 Å². The summed E-state index contributed by atoms with van der Waals surface area (Å²) in [4.78, 5) is 22.6. The third kappa shape index (κ3) is 3.51. The third-order valence-electron chi connectivity index (χ3n) is 4.74. The van der Waals surface area contributed by atoms with E-state index in [0.29, 0.717) is 13.2 Å². The largest absolute Gasteiger partial charge is 0.448 e. The number of rotatable bonds is 5. The molecular formula is C21H18FN3O2. The Labute approximate surface area is 156 Å². The van der Waals surface area contributed by atoms with E-state index >= 15 is 0 Å². The van der Waals surface area contributed by atoms with E-state index in [1.54, 1.807) is 41.8 Å². The lowest BCUT2D eigenvalue weighted by Crippen LogP contribution is -2.34. The fourth-order valence-corrected chi connectivity index (χ4v) is 3.55. The average molecular weight is 363 g/mol. The van der Waals surface area contributed by atoms with Crippen molar-refractivity contribution in [1.29, 1.82) is 0 Å². The van der Waals surface area contributed by atoms with Crippen molar-refractivity contribution < 1.29 is 13.9 Å². The first-order valence-corrected chi connectivity index (χ1v) is 8.73. The highest BCUT2D eigenvalue weighted by Gasteiger charge is 2.38. The molecule has 3 heterocycles. The van der Waals surface area contributed by atoms with Gasteiger partial charge in [0, 0.05) is 30.7 Å². The molecule has 27 heavy (non-hydrogen) atoms. The molecule has 1 atom stereocenters. The lowest BCUT2D eigenvalue weighted by atomic mass is 9.82. The summed E-state index contributed by atoms with van der Waals surface area (Å²) in [6.45, 7) is 0.807. The molecule has 1 fully saturated rings. The van der Waals surface area contributed by atoms with Gasteiger partial charge in [0.2, 0.25) is 0 Å². The number of hydrogen-bond donors (Lipinski definition) is 0. The van der Waals surface area contributed by atoms with Crippen LogP contribution >= 0.6 is 0 Å². The Kier molecular flexibility index (Phi) is 4.78. The molecule has 5 nitrogen and oxygen atoms in total. The molecule has 136 valence electrons. The number of carbonyl (C=O) groups excluding carboxylic acids is 1. The van der Waals surface area contributed by atoms with Crippen molar-refractivity contribution in [2.24, 2.45) is 0 Å². The summed E-state index contributed by atoms with van der Waals surface area (Å²) in [5, 5.41) is 0. The molecule has 4 rings (SSSR count). The fourth-order valence-electron chi connectivity index (χ4n) is 3.55. The van der Waals surface area contributed by atoms with Gasteiger partial charge in [0.05, 0.1) is 12.6 Å². The maximum atomic E-state index is 13.5. The molecule has 1 amide bonds. The zero-order valence-electron chi connectivity index (χ0n) is 14.5. The van der Waals surface area contributed by atoms with Crippen molar-refractivity contribution >= 4 is 6.09 Å². The van der Waals surface area contributed by atoms with E-state index in [1.165, 1.54) is 12.1 Å². The van der Waals surface area contributed by atoms with Gasteiger partial charge >= 0.3 is 6.09 Å². The highest BCUT2D eigenvalue weighted by Crippen LogP contribution is 2.41. The second-order valence-electron chi connectivity index (χ2n) is 6.35. The number of pyridine rings is 2. The quantitative estimate of drug-likeness (QED) is 0.689. The van der Waals surface area contributed by atoms with Crippen LogP contribution in [0.15, 0.2) is 73.3 Å². The van der Waals surface area contributed by atoms with Crippen LogP contribution in [0.2, 0.25) is 0 Å². The SMILES string of the molecule is O=C1OCCN1C(c1ccc(F)cc1)C(c1cccnc1)c1cccnc1. The standard InChI is InChI=1S/C21H18FN3O2/c22-18-7-5-15(6-8-18)20(25-11-12-27-21(25)26)19(16-3-1-9-23-13-16)17-4-2-10-24-14-17/h1-10,13-14,19-20H,11-12H2. The van der Waals surface area contributed by atoms with Gasteiger partial charge in [-0.05, 0) is 41.0 Å². The zero-order valence-corrected chi connectivity index (χ0v) is 14.5. The Balaban J connectivity index is 1.88. The van der Waals surface area contributed by atoms with Gasteiger partial charge in [0.25, 0.3) is 0 Å². The molecule has 3 aromatic rings. The topological polar surface area (TPSA) is 55.3 Å². The lowest BCUT2D eigenvalue weighted by Gasteiger charge is -2.34. The summed E-state index contributed by atoms with van der Waals surface area (Å²) < 4.78 is 18.7. The van der Waals surface area contributed by atoms with Gasteiger partial charge in [-0.2, -0.15) is 0 Å². The molecule has 1 aliphatic heterocycles. The van der Waals surface area contributed by atoms with Gasteiger partial charge < -0.3 is 4.74 Å².